The van der Waals surface area contributed by atoms with Crippen molar-refractivity contribution in [3.8, 4) is 11.5 Å². The number of hydrogen-bond donors (Lipinski definition) is 2. The standard InChI is InChI=1S/C24H26N6O6S/c1-15-11-17(30(33)34)7-8-18(15)26-23(32)14-37-24-28-27-21(29(24)2)13-25-22(31)10-6-16-5-9-19(35-3)20(12-16)36-4/h5-12H,13-14H2,1-4H3,(H,25,31)(H,26,32). The number of hydrogen-bond acceptors (Lipinski definition) is 9. The molecule has 13 heteroatoms. The minimum atomic E-state index is -0.489. The highest BCUT2D eigenvalue weighted by Crippen LogP contribution is 2.28. The summed E-state index contributed by atoms with van der Waals surface area (Å²) in [5.41, 5.74) is 1.82. The number of ether oxygens (including phenoxy) is 2. The zero-order valence-electron chi connectivity index (χ0n) is 20.7. The molecule has 0 aliphatic rings. The van der Waals surface area contributed by atoms with Crippen molar-refractivity contribution in [2.45, 2.75) is 18.6 Å². The van der Waals surface area contributed by atoms with E-state index in [0.717, 1.165) is 5.56 Å². The fraction of sp³-hybridized carbons (Fsp3) is 0.250. The van der Waals surface area contributed by atoms with Gasteiger partial charge in [-0.1, -0.05) is 17.8 Å². The van der Waals surface area contributed by atoms with Crippen LogP contribution in [0.4, 0.5) is 11.4 Å². The average molecular weight is 527 g/mol. The molecule has 2 aromatic carbocycles. The molecular weight excluding hydrogens is 500 g/mol. The summed E-state index contributed by atoms with van der Waals surface area (Å²) >= 11 is 1.18. The van der Waals surface area contributed by atoms with Gasteiger partial charge in [0, 0.05) is 30.9 Å². The van der Waals surface area contributed by atoms with E-state index in [1.165, 1.54) is 43.1 Å². The maximum absolute atomic E-state index is 12.4. The van der Waals surface area contributed by atoms with Gasteiger partial charge >= 0.3 is 0 Å². The molecule has 1 heterocycles. The molecule has 194 valence electrons. The molecule has 12 nitrogen and oxygen atoms in total. The van der Waals surface area contributed by atoms with Crippen LogP contribution in [0.5, 0.6) is 11.5 Å². The molecule has 0 saturated heterocycles. The predicted molar refractivity (Wildman–Crippen MR) is 139 cm³/mol. The van der Waals surface area contributed by atoms with Crippen molar-refractivity contribution >= 4 is 41.0 Å². The maximum Gasteiger partial charge on any atom is 0.269 e. The third-order valence-corrected chi connectivity index (χ3v) is 6.23. The number of rotatable bonds is 11. The number of anilines is 1. The van der Waals surface area contributed by atoms with E-state index in [0.29, 0.717) is 33.7 Å². The quantitative estimate of drug-likeness (QED) is 0.166. The molecule has 37 heavy (non-hydrogen) atoms. The van der Waals surface area contributed by atoms with Crippen molar-refractivity contribution in [1.82, 2.24) is 20.1 Å². The Hall–Kier alpha value is -4.39. The first-order valence-electron chi connectivity index (χ1n) is 11.0. The monoisotopic (exact) mass is 526 g/mol. The number of aromatic nitrogens is 3. The molecule has 0 atom stereocenters. The summed E-state index contributed by atoms with van der Waals surface area (Å²) in [6.07, 6.45) is 3.05. The van der Waals surface area contributed by atoms with Crippen molar-refractivity contribution in [3.63, 3.8) is 0 Å². The Morgan fingerprint density at radius 3 is 2.57 bits per heavy atom. The lowest BCUT2D eigenvalue weighted by molar-refractivity contribution is -0.384. The third-order valence-electron chi connectivity index (χ3n) is 5.21. The number of carbonyl (C=O) groups excluding carboxylic acids is 2. The number of benzene rings is 2. The SMILES string of the molecule is COc1ccc(C=CC(=O)NCc2nnc(SCC(=O)Nc3ccc([N+](=O)[O-])cc3C)n2C)cc1OC. The van der Waals surface area contributed by atoms with Gasteiger partial charge in [0.1, 0.15) is 0 Å². The lowest BCUT2D eigenvalue weighted by Gasteiger charge is -2.08. The number of aryl methyl sites for hydroxylation is 1. The van der Waals surface area contributed by atoms with Gasteiger partial charge in [0.25, 0.3) is 5.69 Å². The van der Waals surface area contributed by atoms with Gasteiger partial charge in [0.05, 0.1) is 31.4 Å². The van der Waals surface area contributed by atoms with Crippen molar-refractivity contribution in [3.05, 3.63) is 69.5 Å². The molecule has 0 radical (unpaired) electrons. The number of amides is 2. The van der Waals surface area contributed by atoms with Crippen LogP contribution in [0.1, 0.15) is 17.0 Å². The van der Waals surface area contributed by atoms with Crippen LogP contribution < -0.4 is 20.1 Å². The number of nitro groups is 1. The van der Waals surface area contributed by atoms with Gasteiger partial charge < -0.3 is 24.7 Å². The largest absolute Gasteiger partial charge is 0.493 e. The normalized spacial score (nSPS) is 10.8. The van der Waals surface area contributed by atoms with Crippen molar-refractivity contribution in [2.24, 2.45) is 7.05 Å². The summed E-state index contributed by atoms with van der Waals surface area (Å²) in [5.74, 6) is 1.12. The Balaban J connectivity index is 1.50. The van der Waals surface area contributed by atoms with Crippen LogP contribution in [0.25, 0.3) is 6.08 Å². The summed E-state index contributed by atoms with van der Waals surface area (Å²) in [7, 11) is 4.83. The summed E-state index contributed by atoms with van der Waals surface area (Å²) < 4.78 is 12.1. The van der Waals surface area contributed by atoms with Crippen LogP contribution >= 0.6 is 11.8 Å². The molecule has 3 aromatic rings. The molecular formula is C24H26N6O6S. The van der Waals surface area contributed by atoms with E-state index >= 15 is 0 Å². The van der Waals surface area contributed by atoms with E-state index < -0.39 is 4.92 Å². The molecule has 0 spiro atoms. The van der Waals surface area contributed by atoms with E-state index in [-0.39, 0.29) is 29.8 Å². The minimum absolute atomic E-state index is 0.0416. The van der Waals surface area contributed by atoms with Gasteiger partial charge in [-0.3, -0.25) is 19.7 Å². The summed E-state index contributed by atoms with van der Waals surface area (Å²) in [6, 6.07) is 9.54. The lowest BCUT2D eigenvalue weighted by atomic mass is 10.2. The number of nitrogens with zero attached hydrogens (tertiary/aromatic N) is 4. The minimum Gasteiger partial charge on any atom is -0.493 e. The highest BCUT2D eigenvalue weighted by atomic mass is 32.2. The molecule has 0 fully saturated rings. The second kappa shape index (κ2) is 12.5. The Morgan fingerprint density at radius 2 is 1.89 bits per heavy atom. The molecule has 1 aromatic heterocycles. The lowest BCUT2D eigenvalue weighted by Crippen LogP contribution is -2.22. The fourth-order valence-corrected chi connectivity index (χ4v) is 3.93. The van der Waals surface area contributed by atoms with Crippen molar-refractivity contribution in [1.29, 1.82) is 0 Å². The second-order valence-electron chi connectivity index (χ2n) is 7.72. The second-order valence-corrected chi connectivity index (χ2v) is 8.66. The molecule has 2 N–H and O–H groups in total. The summed E-state index contributed by atoms with van der Waals surface area (Å²) in [6.45, 7) is 1.83. The van der Waals surface area contributed by atoms with Crippen LogP contribution in [0, 0.1) is 17.0 Å². The van der Waals surface area contributed by atoms with Crippen molar-refractivity contribution < 1.29 is 24.0 Å². The van der Waals surface area contributed by atoms with Gasteiger partial charge in [-0.15, -0.1) is 10.2 Å². The van der Waals surface area contributed by atoms with Gasteiger partial charge in [0.2, 0.25) is 11.8 Å². The van der Waals surface area contributed by atoms with Gasteiger partial charge in [0.15, 0.2) is 22.5 Å². The number of methoxy groups -OCH3 is 2. The Kier molecular flexibility index (Phi) is 9.21. The third kappa shape index (κ3) is 7.30. The first kappa shape index (κ1) is 27.2. The Labute approximate surface area is 217 Å². The summed E-state index contributed by atoms with van der Waals surface area (Å²) in [4.78, 5) is 35.0. The smallest absolute Gasteiger partial charge is 0.269 e. The fourth-order valence-electron chi connectivity index (χ4n) is 3.20. The molecule has 2 amide bonds. The van der Waals surface area contributed by atoms with Crippen LogP contribution in [0.3, 0.4) is 0 Å². The average Bonchev–Trinajstić information content (AvgIpc) is 3.24. The van der Waals surface area contributed by atoms with Crippen LogP contribution in [-0.2, 0) is 23.2 Å². The first-order valence-corrected chi connectivity index (χ1v) is 11.9. The summed E-state index contributed by atoms with van der Waals surface area (Å²) in [5, 5.41) is 25.0. The van der Waals surface area contributed by atoms with Crippen LogP contribution in [0.15, 0.2) is 47.6 Å². The van der Waals surface area contributed by atoms with E-state index in [4.69, 9.17) is 9.47 Å². The van der Waals surface area contributed by atoms with E-state index in [1.807, 2.05) is 0 Å². The zero-order chi connectivity index (χ0) is 26.9. The van der Waals surface area contributed by atoms with Gasteiger partial charge in [-0.25, -0.2) is 0 Å². The van der Waals surface area contributed by atoms with E-state index in [2.05, 4.69) is 20.8 Å². The number of non-ortho nitro benzene ring substituents is 1. The highest BCUT2D eigenvalue weighted by Gasteiger charge is 2.14. The van der Waals surface area contributed by atoms with E-state index in [1.54, 1.807) is 49.9 Å². The van der Waals surface area contributed by atoms with Crippen molar-refractivity contribution in [2.75, 3.05) is 25.3 Å². The van der Waals surface area contributed by atoms with Gasteiger partial charge in [-0.05, 0) is 42.3 Å². The Bertz CT molecular complexity index is 1340. The van der Waals surface area contributed by atoms with Crippen LogP contribution in [-0.4, -0.2) is 51.5 Å². The maximum atomic E-state index is 12.4. The topological polar surface area (TPSA) is 151 Å². The molecule has 0 aliphatic heterocycles. The number of carbonyl (C=O) groups is 2. The first-order chi connectivity index (χ1) is 17.7. The van der Waals surface area contributed by atoms with E-state index in [9.17, 15) is 19.7 Å². The Morgan fingerprint density at radius 1 is 1.14 bits per heavy atom. The predicted octanol–water partition coefficient (Wildman–Crippen LogP) is 3.11. The van der Waals surface area contributed by atoms with Gasteiger partial charge in [-0.2, -0.15) is 0 Å². The molecule has 3 rings (SSSR count). The number of thioether (sulfide) groups is 1. The highest BCUT2D eigenvalue weighted by molar-refractivity contribution is 7.99. The number of nitro benzene ring substituents is 1. The molecule has 0 bridgehead atoms. The van der Waals surface area contributed by atoms with Crippen LogP contribution in [0.2, 0.25) is 0 Å². The number of nitrogens with one attached hydrogen (secondary N) is 2. The zero-order valence-corrected chi connectivity index (χ0v) is 21.5. The molecule has 0 aliphatic carbocycles. The molecule has 0 saturated carbocycles. The molecule has 0 unspecified atom stereocenters.